The number of hydrogen-bond donors (Lipinski definition) is 2. The van der Waals surface area contributed by atoms with Crippen LogP contribution in [0.15, 0.2) is 54.9 Å². The van der Waals surface area contributed by atoms with Gasteiger partial charge in [-0.25, -0.2) is 9.59 Å². The molecule has 13 heteroatoms. The molecule has 6 nitrogen and oxygen atoms in total. The first-order valence-electron chi connectivity index (χ1n) is 12.5. The molecule has 2 aliphatic rings. The fourth-order valence-electron chi connectivity index (χ4n) is 4.99. The molecule has 222 valence electrons. The van der Waals surface area contributed by atoms with Gasteiger partial charge in [-0.1, -0.05) is 24.3 Å². The van der Waals surface area contributed by atoms with E-state index >= 15 is 0 Å². The number of hydrogen-bond acceptors (Lipinski definition) is 5. The van der Waals surface area contributed by atoms with Crippen LogP contribution < -0.4 is 0 Å². The minimum absolute atomic E-state index is 0.421. The number of carboxylic acids is 2. The van der Waals surface area contributed by atoms with Crippen molar-refractivity contribution in [1.29, 1.82) is 0 Å². The van der Waals surface area contributed by atoms with Crippen molar-refractivity contribution in [3.8, 4) is 11.1 Å². The average molecular weight is 603 g/mol. The quantitative estimate of drug-likeness (QED) is 0.318. The molecule has 2 N–H and O–H groups in total. The molecule has 5 rings (SSSR count). The lowest BCUT2D eigenvalue weighted by Crippen LogP contribution is -2.41. The predicted molar refractivity (Wildman–Crippen MR) is 141 cm³/mol. The summed E-state index contributed by atoms with van der Waals surface area (Å²) in [6.45, 7) is 5.78. The summed E-state index contributed by atoms with van der Waals surface area (Å²) in [5.41, 5.74) is 6.15. The van der Waals surface area contributed by atoms with Crippen molar-refractivity contribution >= 4 is 23.3 Å². The lowest BCUT2D eigenvalue weighted by atomic mass is 9.73. The van der Waals surface area contributed by atoms with Gasteiger partial charge in [-0.3, -0.25) is 9.88 Å². The molecule has 0 radical (unpaired) electrons. The summed E-state index contributed by atoms with van der Waals surface area (Å²) in [6, 6.07) is 15.9. The minimum Gasteiger partial charge on any atom is -0.475 e. The van der Waals surface area contributed by atoms with E-state index < -0.39 is 24.3 Å². The molecular weight excluding hydrogens is 574 g/mol. The zero-order valence-corrected chi connectivity index (χ0v) is 22.7. The molecule has 1 spiro atoms. The molecule has 1 fully saturated rings. The number of rotatable bonds is 3. The van der Waals surface area contributed by atoms with E-state index in [9.17, 15) is 26.3 Å². The van der Waals surface area contributed by atoms with Crippen LogP contribution in [-0.4, -0.2) is 57.5 Å². The van der Waals surface area contributed by atoms with Gasteiger partial charge >= 0.3 is 24.3 Å². The number of likely N-dealkylation sites (tertiary alicyclic amines) is 1. The molecule has 0 amide bonds. The molecule has 1 aromatic carbocycles. The van der Waals surface area contributed by atoms with E-state index in [1.807, 2.05) is 29.8 Å². The maximum Gasteiger partial charge on any atom is 0.490 e. The van der Waals surface area contributed by atoms with Gasteiger partial charge in [-0.2, -0.15) is 26.3 Å². The van der Waals surface area contributed by atoms with E-state index in [1.54, 1.807) is 11.1 Å². The highest BCUT2D eigenvalue weighted by Crippen LogP contribution is 2.47. The number of halogens is 6. The topological polar surface area (TPSA) is 90.7 Å². The minimum atomic E-state index is -5.08. The number of carboxylic acid groups (broad SMARTS) is 2. The van der Waals surface area contributed by atoms with E-state index in [4.69, 9.17) is 19.8 Å². The first-order valence-corrected chi connectivity index (χ1v) is 13.3. The zero-order valence-electron chi connectivity index (χ0n) is 21.9. The first kappa shape index (κ1) is 32.1. The van der Waals surface area contributed by atoms with Crippen LogP contribution in [0, 0.1) is 6.92 Å². The lowest BCUT2D eigenvalue weighted by Gasteiger charge is -2.40. The number of aryl methyl sites for hydroxylation is 2. The average Bonchev–Trinajstić information content (AvgIpc) is 3.48. The number of aliphatic carboxylic acids is 2. The number of fused-ring (bicyclic) bond motifs is 2. The number of aromatic nitrogens is 1. The third kappa shape index (κ3) is 8.77. The van der Waals surface area contributed by atoms with Crippen LogP contribution in [-0.2, 0) is 28.0 Å². The van der Waals surface area contributed by atoms with Crippen molar-refractivity contribution < 1.29 is 46.1 Å². The fourth-order valence-corrected chi connectivity index (χ4v) is 5.92. The number of nitrogens with zero attached hydrogens (tertiary/aromatic N) is 2. The summed E-state index contributed by atoms with van der Waals surface area (Å²) < 4.78 is 63.5. The van der Waals surface area contributed by atoms with E-state index in [1.165, 1.54) is 59.7 Å². The van der Waals surface area contributed by atoms with Crippen molar-refractivity contribution in [2.45, 2.75) is 56.9 Å². The van der Waals surface area contributed by atoms with Gasteiger partial charge in [-0.15, -0.1) is 11.3 Å². The summed E-state index contributed by atoms with van der Waals surface area (Å²) in [7, 11) is 0. The zero-order chi connectivity index (χ0) is 30.4. The van der Waals surface area contributed by atoms with Gasteiger partial charge < -0.3 is 10.2 Å². The Morgan fingerprint density at radius 2 is 1.54 bits per heavy atom. The molecule has 41 heavy (non-hydrogen) atoms. The molecular formula is C28H28F6N2O4S. The van der Waals surface area contributed by atoms with Gasteiger partial charge in [0.15, 0.2) is 0 Å². The van der Waals surface area contributed by atoms with Crippen molar-refractivity contribution in [2.75, 3.05) is 13.1 Å². The van der Waals surface area contributed by atoms with Gasteiger partial charge in [0.2, 0.25) is 0 Å². The number of carbonyl (C=O) groups is 2. The van der Waals surface area contributed by atoms with Crippen molar-refractivity contribution in [3.05, 3.63) is 75.7 Å². The van der Waals surface area contributed by atoms with Gasteiger partial charge in [0.1, 0.15) is 0 Å². The Morgan fingerprint density at radius 3 is 2.02 bits per heavy atom. The summed E-state index contributed by atoms with van der Waals surface area (Å²) >= 11 is 1.95. The van der Waals surface area contributed by atoms with Crippen LogP contribution in [0.2, 0.25) is 0 Å². The van der Waals surface area contributed by atoms with Crippen LogP contribution in [0.25, 0.3) is 11.1 Å². The van der Waals surface area contributed by atoms with Crippen molar-refractivity contribution in [2.24, 2.45) is 0 Å². The number of piperidine rings is 1. The Bertz CT molecular complexity index is 1310. The normalized spacial score (nSPS) is 16.2. The van der Waals surface area contributed by atoms with Crippen LogP contribution >= 0.6 is 11.3 Å². The third-order valence-corrected chi connectivity index (χ3v) is 8.00. The molecule has 1 saturated heterocycles. The highest BCUT2D eigenvalue weighted by atomic mass is 32.1. The molecule has 0 unspecified atom stereocenters. The number of benzene rings is 1. The van der Waals surface area contributed by atoms with E-state index in [-0.39, 0.29) is 0 Å². The first-order chi connectivity index (χ1) is 19.1. The van der Waals surface area contributed by atoms with Crippen LogP contribution in [0.1, 0.15) is 40.1 Å². The maximum atomic E-state index is 10.6. The molecule has 2 aromatic heterocycles. The fraction of sp³-hybridized carbons (Fsp3) is 0.393. The Balaban J connectivity index is 0.000000276. The van der Waals surface area contributed by atoms with Crippen LogP contribution in [0.3, 0.4) is 0 Å². The Kier molecular flexibility index (Phi) is 10.2. The number of alkyl halides is 6. The summed E-state index contributed by atoms with van der Waals surface area (Å²) in [6.07, 6.45) is -1.19. The SMILES string of the molecule is Cc1ccc(CN2CCC3(CCc4cc(-c5cccnc5)ccc43)CC2)s1.O=C(O)C(F)(F)F.O=C(O)C(F)(F)F. The second-order valence-corrected chi connectivity index (χ2v) is 11.2. The maximum absolute atomic E-state index is 10.6. The van der Waals surface area contributed by atoms with Gasteiger partial charge in [0.25, 0.3) is 0 Å². The van der Waals surface area contributed by atoms with Gasteiger partial charge in [0, 0.05) is 28.7 Å². The smallest absolute Gasteiger partial charge is 0.475 e. The molecule has 3 aromatic rings. The summed E-state index contributed by atoms with van der Waals surface area (Å²) in [5, 5.41) is 14.2. The van der Waals surface area contributed by atoms with E-state index in [0.717, 1.165) is 6.54 Å². The molecule has 0 bridgehead atoms. The molecule has 1 aliphatic heterocycles. The molecule has 0 saturated carbocycles. The Labute approximate surface area is 236 Å². The molecule has 0 atom stereocenters. The Hall–Kier alpha value is -3.45. The van der Waals surface area contributed by atoms with E-state index in [0.29, 0.717) is 5.41 Å². The highest BCUT2D eigenvalue weighted by molar-refractivity contribution is 7.11. The highest BCUT2D eigenvalue weighted by Gasteiger charge is 2.41. The monoisotopic (exact) mass is 602 g/mol. The third-order valence-electron chi connectivity index (χ3n) is 7.02. The predicted octanol–water partition coefficient (Wildman–Crippen LogP) is 6.87. The second-order valence-electron chi connectivity index (χ2n) is 9.79. The standard InChI is InChI=1S/C24H26N2S.2C2HF3O2/c1-18-4-6-22(27-18)17-26-13-10-24(11-14-26)9-8-20-15-19(5-7-23(20)24)21-3-2-12-25-16-21;2*3-2(4,5)1(6)7/h2-7,12,15-16H,8-11,13-14,17H2,1H3;2*(H,6,7). The summed E-state index contributed by atoms with van der Waals surface area (Å²) in [5.74, 6) is -5.51. The van der Waals surface area contributed by atoms with Crippen molar-refractivity contribution in [1.82, 2.24) is 9.88 Å². The lowest BCUT2D eigenvalue weighted by molar-refractivity contribution is -0.193. The second kappa shape index (κ2) is 13.0. The number of pyridine rings is 1. The van der Waals surface area contributed by atoms with Crippen LogP contribution in [0.4, 0.5) is 26.3 Å². The Morgan fingerprint density at radius 1 is 0.927 bits per heavy atom. The van der Waals surface area contributed by atoms with Crippen LogP contribution in [0.5, 0.6) is 0 Å². The largest absolute Gasteiger partial charge is 0.490 e. The van der Waals surface area contributed by atoms with Crippen molar-refractivity contribution in [3.63, 3.8) is 0 Å². The molecule has 3 heterocycles. The number of thiophene rings is 1. The van der Waals surface area contributed by atoms with Gasteiger partial charge in [0.05, 0.1) is 0 Å². The summed E-state index contributed by atoms with van der Waals surface area (Å²) in [4.78, 5) is 27.7. The molecule has 1 aliphatic carbocycles. The van der Waals surface area contributed by atoms with E-state index in [2.05, 4.69) is 53.2 Å². The van der Waals surface area contributed by atoms with Gasteiger partial charge in [-0.05, 0) is 91.6 Å².